The number of nitrogens with zero attached hydrogens (tertiary/aromatic N) is 1. The Bertz CT molecular complexity index is 824. The van der Waals surface area contributed by atoms with Gasteiger partial charge in [0.1, 0.15) is 5.82 Å². The Labute approximate surface area is 147 Å². The van der Waals surface area contributed by atoms with Crippen LogP contribution >= 0.6 is 0 Å². The molecular weight excluding hydrogens is 312 g/mol. The molecule has 5 nitrogen and oxygen atoms in total. The van der Waals surface area contributed by atoms with E-state index in [9.17, 15) is 4.79 Å². The average molecular weight is 334 g/mol. The van der Waals surface area contributed by atoms with Gasteiger partial charge in [0.2, 0.25) is 0 Å². The van der Waals surface area contributed by atoms with Gasteiger partial charge in [-0.2, -0.15) is 0 Å². The van der Waals surface area contributed by atoms with Crippen LogP contribution in [0.1, 0.15) is 30.8 Å². The third-order valence-corrected chi connectivity index (χ3v) is 4.03. The molecule has 0 saturated carbocycles. The highest BCUT2D eigenvalue weighted by Crippen LogP contribution is 2.20. The van der Waals surface area contributed by atoms with Crippen molar-refractivity contribution in [2.45, 2.75) is 26.3 Å². The Kier molecular flexibility index (Phi) is 5.14. The predicted octanol–water partition coefficient (Wildman–Crippen LogP) is 4.66. The molecule has 1 atom stereocenters. The van der Waals surface area contributed by atoms with Crippen molar-refractivity contribution in [1.29, 1.82) is 0 Å². The van der Waals surface area contributed by atoms with Gasteiger partial charge in [-0.1, -0.05) is 55.0 Å². The third kappa shape index (κ3) is 4.26. The Morgan fingerprint density at radius 1 is 1.12 bits per heavy atom. The van der Waals surface area contributed by atoms with Gasteiger partial charge in [0, 0.05) is 5.69 Å². The molecule has 0 spiro atoms. The average Bonchev–Trinajstić information content (AvgIpc) is 3.12. The zero-order valence-electron chi connectivity index (χ0n) is 14.4. The molecular formula is C20H22N4O. The number of hydrogen-bond acceptors (Lipinski definition) is 2. The first kappa shape index (κ1) is 16.8. The lowest BCUT2D eigenvalue weighted by atomic mass is 10.2. The molecule has 2 amide bonds. The number of benzene rings is 2. The van der Waals surface area contributed by atoms with Gasteiger partial charge in [-0.25, -0.2) is 9.78 Å². The maximum absolute atomic E-state index is 12.3. The highest BCUT2D eigenvalue weighted by Gasteiger charge is 2.16. The van der Waals surface area contributed by atoms with Gasteiger partial charge in [0.15, 0.2) is 0 Å². The van der Waals surface area contributed by atoms with Crippen LogP contribution in [0.25, 0.3) is 11.3 Å². The zero-order chi connectivity index (χ0) is 17.6. The summed E-state index contributed by atoms with van der Waals surface area (Å²) in [7, 11) is 0. The summed E-state index contributed by atoms with van der Waals surface area (Å²) in [5.41, 5.74) is 3.93. The number of rotatable bonds is 5. The smallest absolute Gasteiger partial charge is 0.319 e. The van der Waals surface area contributed by atoms with Crippen LogP contribution in [0.15, 0.2) is 60.8 Å². The lowest BCUT2D eigenvalue weighted by Crippen LogP contribution is -2.32. The number of carbonyl (C=O) groups is 1. The van der Waals surface area contributed by atoms with Crippen molar-refractivity contribution in [3.63, 3.8) is 0 Å². The molecule has 3 rings (SSSR count). The maximum atomic E-state index is 12.3. The molecule has 2 aromatic carbocycles. The van der Waals surface area contributed by atoms with Gasteiger partial charge in [-0.05, 0) is 31.0 Å². The number of carbonyl (C=O) groups excluding carboxylic acids is 1. The molecule has 0 fully saturated rings. The van der Waals surface area contributed by atoms with E-state index in [0.29, 0.717) is 0 Å². The molecule has 0 radical (unpaired) electrons. The van der Waals surface area contributed by atoms with Crippen LogP contribution < -0.4 is 10.6 Å². The molecule has 0 bridgehead atoms. The number of anilines is 1. The Hall–Kier alpha value is -3.08. The van der Waals surface area contributed by atoms with E-state index in [-0.39, 0.29) is 12.1 Å². The van der Waals surface area contributed by atoms with Crippen molar-refractivity contribution in [3.05, 3.63) is 72.2 Å². The topological polar surface area (TPSA) is 69.8 Å². The number of hydrogen-bond donors (Lipinski definition) is 3. The number of amides is 2. The number of nitrogens with one attached hydrogen (secondary N) is 3. The molecule has 3 aromatic rings. The van der Waals surface area contributed by atoms with Crippen molar-refractivity contribution < 1.29 is 4.79 Å². The van der Waals surface area contributed by atoms with Gasteiger partial charge >= 0.3 is 6.03 Å². The number of aryl methyl sites for hydroxylation is 1. The van der Waals surface area contributed by atoms with Gasteiger partial charge in [0.25, 0.3) is 0 Å². The van der Waals surface area contributed by atoms with Crippen LogP contribution in [0.5, 0.6) is 0 Å². The minimum atomic E-state index is -0.242. The highest BCUT2D eigenvalue weighted by atomic mass is 16.2. The van der Waals surface area contributed by atoms with E-state index >= 15 is 0 Å². The number of aromatic nitrogens is 2. The molecule has 1 aromatic heterocycles. The molecule has 0 aliphatic rings. The van der Waals surface area contributed by atoms with Crippen molar-refractivity contribution in [3.8, 4) is 11.3 Å². The van der Waals surface area contributed by atoms with Crippen LogP contribution in [-0.4, -0.2) is 16.0 Å². The first-order valence-electron chi connectivity index (χ1n) is 8.40. The molecule has 0 saturated heterocycles. The van der Waals surface area contributed by atoms with Gasteiger partial charge in [0.05, 0.1) is 17.9 Å². The first-order chi connectivity index (χ1) is 12.2. The van der Waals surface area contributed by atoms with Crippen LogP contribution in [0, 0.1) is 6.92 Å². The number of aromatic amines is 1. The van der Waals surface area contributed by atoms with Gasteiger partial charge in [-0.15, -0.1) is 0 Å². The minimum Gasteiger partial charge on any atom is -0.340 e. The van der Waals surface area contributed by atoms with Crippen molar-refractivity contribution in [2.24, 2.45) is 0 Å². The van der Waals surface area contributed by atoms with E-state index < -0.39 is 0 Å². The molecule has 5 heteroatoms. The van der Waals surface area contributed by atoms with Crippen molar-refractivity contribution >= 4 is 11.7 Å². The fourth-order valence-electron chi connectivity index (χ4n) is 2.60. The fourth-order valence-corrected chi connectivity index (χ4v) is 2.60. The maximum Gasteiger partial charge on any atom is 0.319 e. The predicted molar refractivity (Wildman–Crippen MR) is 100 cm³/mol. The lowest BCUT2D eigenvalue weighted by Gasteiger charge is -2.15. The van der Waals surface area contributed by atoms with E-state index in [4.69, 9.17) is 0 Å². The van der Waals surface area contributed by atoms with E-state index in [1.807, 2.05) is 68.4 Å². The summed E-state index contributed by atoms with van der Waals surface area (Å²) in [4.78, 5) is 20.0. The summed E-state index contributed by atoms with van der Waals surface area (Å²) in [6.07, 6.45) is 2.54. The van der Waals surface area contributed by atoms with Gasteiger partial charge < -0.3 is 15.6 Å². The summed E-state index contributed by atoms with van der Waals surface area (Å²) in [6.45, 7) is 4.03. The summed E-state index contributed by atoms with van der Waals surface area (Å²) in [6, 6.07) is 17.3. The Morgan fingerprint density at radius 3 is 2.52 bits per heavy atom. The minimum absolute atomic E-state index is 0.178. The summed E-state index contributed by atoms with van der Waals surface area (Å²) < 4.78 is 0. The molecule has 25 heavy (non-hydrogen) atoms. The highest BCUT2D eigenvalue weighted by molar-refractivity contribution is 5.89. The summed E-state index contributed by atoms with van der Waals surface area (Å²) in [5, 5.41) is 5.82. The second-order valence-electron chi connectivity index (χ2n) is 5.97. The largest absolute Gasteiger partial charge is 0.340 e. The molecule has 1 heterocycles. The third-order valence-electron chi connectivity index (χ3n) is 4.03. The molecule has 0 aliphatic carbocycles. The quantitative estimate of drug-likeness (QED) is 0.635. The second-order valence-corrected chi connectivity index (χ2v) is 5.97. The standard InChI is InChI=1S/C20H22N4O/c1-3-17(24-20(25)22-16-11-9-14(2)10-12-16)19-21-13-18(23-19)15-7-5-4-6-8-15/h4-13,17H,3H2,1-2H3,(H,21,23)(H2,22,24,25). The van der Waals surface area contributed by atoms with E-state index in [0.717, 1.165) is 34.8 Å². The van der Waals surface area contributed by atoms with Crippen LogP contribution in [0.3, 0.4) is 0 Å². The van der Waals surface area contributed by atoms with E-state index in [1.165, 1.54) is 0 Å². The molecule has 3 N–H and O–H groups in total. The SMILES string of the molecule is CCC(NC(=O)Nc1ccc(C)cc1)c1ncc(-c2ccccc2)[nH]1. The monoisotopic (exact) mass is 334 g/mol. The van der Waals surface area contributed by atoms with E-state index in [2.05, 4.69) is 20.6 Å². The number of urea groups is 1. The molecule has 128 valence electrons. The number of H-pyrrole nitrogens is 1. The van der Waals surface area contributed by atoms with Crippen LogP contribution in [-0.2, 0) is 0 Å². The van der Waals surface area contributed by atoms with Crippen LogP contribution in [0.2, 0.25) is 0 Å². The fraction of sp³-hybridized carbons (Fsp3) is 0.200. The Balaban J connectivity index is 1.67. The normalized spacial score (nSPS) is 11.8. The van der Waals surface area contributed by atoms with Crippen molar-refractivity contribution in [2.75, 3.05) is 5.32 Å². The van der Waals surface area contributed by atoms with Crippen molar-refractivity contribution in [1.82, 2.24) is 15.3 Å². The number of imidazole rings is 1. The summed E-state index contributed by atoms with van der Waals surface area (Å²) in [5.74, 6) is 0.750. The summed E-state index contributed by atoms with van der Waals surface area (Å²) >= 11 is 0. The molecule has 1 unspecified atom stereocenters. The van der Waals surface area contributed by atoms with E-state index in [1.54, 1.807) is 6.20 Å². The molecule has 0 aliphatic heterocycles. The van der Waals surface area contributed by atoms with Gasteiger partial charge in [-0.3, -0.25) is 0 Å². The second kappa shape index (κ2) is 7.66. The Morgan fingerprint density at radius 2 is 1.84 bits per heavy atom. The van der Waals surface area contributed by atoms with Crippen LogP contribution in [0.4, 0.5) is 10.5 Å². The zero-order valence-corrected chi connectivity index (χ0v) is 14.4. The lowest BCUT2D eigenvalue weighted by molar-refractivity contribution is 0.247. The first-order valence-corrected chi connectivity index (χ1v) is 8.40.